The number of carbonyl (C=O) groups excluding carboxylic acids is 2. The van der Waals surface area contributed by atoms with Crippen LogP contribution in [-0.2, 0) is 22.4 Å². The largest absolute Gasteiger partial charge is 0.494 e. The van der Waals surface area contributed by atoms with Gasteiger partial charge in [-0.2, -0.15) is 9.46 Å². The summed E-state index contributed by atoms with van der Waals surface area (Å²) in [6, 6.07) is 5.13. The number of carbonyl (C=O) groups is 2. The molecule has 4 rings (SSSR count). The number of aromatic nitrogens is 2. The molecule has 36 heavy (non-hydrogen) atoms. The highest BCUT2D eigenvalue weighted by molar-refractivity contribution is 6.30. The lowest BCUT2D eigenvalue weighted by Crippen LogP contribution is -2.34. The van der Waals surface area contributed by atoms with Gasteiger partial charge in [-0.15, -0.1) is 0 Å². The van der Waals surface area contributed by atoms with E-state index >= 15 is 0 Å². The number of benzene rings is 2. The van der Waals surface area contributed by atoms with Gasteiger partial charge in [-0.3, -0.25) is 0 Å². The molecule has 2 aromatic carbocycles. The Bertz CT molecular complexity index is 1350. The van der Waals surface area contributed by atoms with Gasteiger partial charge in [-0.05, 0) is 49.2 Å². The molecule has 0 atom stereocenters. The van der Waals surface area contributed by atoms with Gasteiger partial charge < -0.3 is 30.6 Å². The first-order valence-corrected chi connectivity index (χ1v) is 10.9. The summed E-state index contributed by atoms with van der Waals surface area (Å²) in [5, 5.41) is 1.07. The summed E-state index contributed by atoms with van der Waals surface area (Å²) < 4.78 is 40.6. The number of nitrogens with zero attached hydrogens (tertiary/aromatic N) is 2. The monoisotopic (exact) mass is 502 g/mol. The number of nitrogens with two attached hydrogens (primary N) is 2. The first kappa shape index (κ1) is 24.9. The van der Waals surface area contributed by atoms with Gasteiger partial charge in [-0.1, -0.05) is 0 Å². The van der Waals surface area contributed by atoms with Crippen molar-refractivity contribution in [2.24, 2.45) is 11.5 Å². The van der Waals surface area contributed by atoms with Crippen molar-refractivity contribution in [3.63, 3.8) is 0 Å². The van der Waals surface area contributed by atoms with Crippen LogP contribution in [0.4, 0.5) is 8.78 Å². The summed E-state index contributed by atoms with van der Waals surface area (Å²) in [5.41, 5.74) is 13.0. The van der Waals surface area contributed by atoms with Gasteiger partial charge in [0, 0.05) is 35.3 Å². The van der Waals surface area contributed by atoms with Gasteiger partial charge in [0.2, 0.25) is 0 Å². The topological polar surface area (TPSA) is 133 Å². The van der Waals surface area contributed by atoms with E-state index in [0.717, 1.165) is 21.6 Å². The van der Waals surface area contributed by atoms with Gasteiger partial charge >= 0.3 is 11.9 Å². The second-order valence-corrected chi connectivity index (χ2v) is 7.80. The standard InChI is InChI=1S/C24H24F2N4O6/c1-33-21-7-15-13(3-5-27)11-29(19(15)9-17(21)25)35-23(31)24(32)36-30-12-14(4-6-28)16-8-22(34-2)18(26)10-20(16)30/h7-12H,3-6,27-28H2,1-2H3. The molecule has 0 radical (unpaired) electrons. The van der Waals surface area contributed by atoms with E-state index in [0.29, 0.717) is 34.7 Å². The molecule has 0 aliphatic carbocycles. The Balaban J connectivity index is 1.63. The smallest absolute Gasteiger partial charge is 0.444 e. The third-order valence-corrected chi connectivity index (χ3v) is 5.61. The van der Waals surface area contributed by atoms with Crippen LogP contribution in [0.3, 0.4) is 0 Å². The van der Waals surface area contributed by atoms with Crippen molar-refractivity contribution < 1.29 is 37.5 Å². The van der Waals surface area contributed by atoms with Gasteiger partial charge in [0.25, 0.3) is 0 Å². The van der Waals surface area contributed by atoms with Crippen LogP contribution in [0.2, 0.25) is 0 Å². The molecule has 0 saturated carbocycles. The minimum absolute atomic E-state index is 0.000824. The molecule has 0 saturated heterocycles. The van der Waals surface area contributed by atoms with E-state index in [-0.39, 0.29) is 35.6 Å². The van der Waals surface area contributed by atoms with Gasteiger partial charge in [-0.25, -0.2) is 18.4 Å². The van der Waals surface area contributed by atoms with E-state index in [1.54, 1.807) is 0 Å². The van der Waals surface area contributed by atoms with Crippen LogP contribution in [-0.4, -0.2) is 48.7 Å². The molecular formula is C24H24F2N4O6. The molecule has 2 heterocycles. The number of rotatable bonds is 8. The maximum atomic E-state index is 14.3. The highest BCUT2D eigenvalue weighted by Gasteiger charge is 2.24. The minimum Gasteiger partial charge on any atom is -0.494 e. The van der Waals surface area contributed by atoms with Crippen LogP contribution in [0, 0.1) is 11.6 Å². The summed E-state index contributed by atoms with van der Waals surface area (Å²) in [7, 11) is 2.65. The molecule has 12 heteroatoms. The predicted molar refractivity (Wildman–Crippen MR) is 126 cm³/mol. The molecule has 0 fully saturated rings. The first-order chi connectivity index (χ1) is 17.3. The molecule has 4 N–H and O–H groups in total. The molecular weight excluding hydrogens is 478 g/mol. The highest BCUT2D eigenvalue weighted by Crippen LogP contribution is 2.30. The van der Waals surface area contributed by atoms with E-state index in [9.17, 15) is 18.4 Å². The predicted octanol–water partition coefficient (Wildman–Crippen LogP) is 1.50. The van der Waals surface area contributed by atoms with Crippen molar-refractivity contribution >= 4 is 33.7 Å². The van der Waals surface area contributed by atoms with Crippen LogP contribution in [0.25, 0.3) is 21.8 Å². The Morgan fingerprint density at radius 3 is 1.47 bits per heavy atom. The summed E-state index contributed by atoms with van der Waals surface area (Å²) in [6.45, 7) is 0.559. The number of methoxy groups -OCH3 is 2. The van der Waals surface area contributed by atoms with Gasteiger partial charge in [0.15, 0.2) is 23.1 Å². The Morgan fingerprint density at radius 2 is 1.14 bits per heavy atom. The minimum atomic E-state index is -1.39. The average molecular weight is 502 g/mol. The van der Waals surface area contributed by atoms with Crippen molar-refractivity contribution in [3.8, 4) is 11.5 Å². The molecule has 190 valence electrons. The fourth-order valence-corrected chi connectivity index (χ4v) is 3.95. The van der Waals surface area contributed by atoms with Gasteiger partial charge in [0.05, 0.1) is 25.3 Å². The lowest BCUT2D eigenvalue weighted by atomic mass is 10.1. The maximum Gasteiger partial charge on any atom is 0.444 e. The van der Waals surface area contributed by atoms with E-state index in [1.807, 2.05) is 0 Å². The van der Waals surface area contributed by atoms with Crippen molar-refractivity contribution in [2.75, 3.05) is 27.3 Å². The van der Waals surface area contributed by atoms with Crippen LogP contribution < -0.4 is 30.6 Å². The summed E-state index contributed by atoms with van der Waals surface area (Å²) in [6.07, 6.45) is 3.64. The Labute approximate surface area is 203 Å². The van der Waals surface area contributed by atoms with Crippen LogP contribution in [0.1, 0.15) is 11.1 Å². The number of ether oxygens (including phenoxy) is 2. The van der Waals surface area contributed by atoms with Gasteiger partial charge in [0.1, 0.15) is 0 Å². The zero-order valence-electron chi connectivity index (χ0n) is 19.5. The zero-order valence-corrected chi connectivity index (χ0v) is 19.5. The molecule has 0 aliphatic rings. The normalized spacial score (nSPS) is 11.2. The third-order valence-electron chi connectivity index (χ3n) is 5.61. The number of hydrogen-bond acceptors (Lipinski definition) is 8. The second-order valence-electron chi connectivity index (χ2n) is 7.80. The molecule has 10 nitrogen and oxygen atoms in total. The Morgan fingerprint density at radius 1 is 0.750 bits per heavy atom. The van der Waals surface area contributed by atoms with E-state index in [1.165, 1.54) is 38.7 Å². The van der Waals surface area contributed by atoms with Crippen LogP contribution >= 0.6 is 0 Å². The van der Waals surface area contributed by atoms with E-state index in [4.69, 9.17) is 30.6 Å². The van der Waals surface area contributed by atoms with Crippen molar-refractivity contribution in [1.82, 2.24) is 9.46 Å². The summed E-state index contributed by atoms with van der Waals surface area (Å²) in [5.74, 6) is -4.16. The van der Waals surface area contributed by atoms with Crippen molar-refractivity contribution in [1.29, 1.82) is 0 Å². The van der Waals surface area contributed by atoms with Crippen LogP contribution in [0.15, 0.2) is 36.7 Å². The van der Waals surface area contributed by atoms with Crippen LogP contribution in [0.5, 0.6) is 11.5 Å². The number of halogens is 2. The summed E-state index contributed by atoms with van der Waals surface area (Å²) in [4.78, 5) is 35.5. The van der Waals surface area contributed by atoms with E-state index in [2.05, 4.69) is 0 Å². The van der Waals surface area contributed by atoms with Crippen molar-refractivity contribution in [3.05, 3.63) is 59.4 Å². The van der Waals surface area contributed by atoms with Crippen molar-refractivity contribution in [2.45, 2.75) is 12.8 Å². The third kappa shape index (κ3) is 4.55. The molecule has 0 unspecified atom stereocenters. The SMILES string of the molecule is COc1cc2c(CCN)cn(OC(=O)C(=O)On3cc(CCN)c4cc(OC)c(F)cc43)c2cc1F. The van der Waals surface area contributed by atoms with E-state index < -0.39 is 23.6 Å². The maximum absolute atomic E-state index is 14.3. The first-order valence-electron chi connectivity index (χ1n) is 10.9. The second kappa shape index (κ2) is 10.2. The quantitative estimate of drug-likeness (QED) is 0.347. The molecule has 0 spiro atoms. The molecule has 2 aromatic heterocycles. The fourth-order valence-electron chi connectivity index (χ4n) is 3.95. The zero-order chi connectivity index (χ0) is 26.0. The molecule has 0 amide bonds. The Hall–Kier alpha value is -4.16. The molecule has 4 aromatic rings. The lowest BCUT2D eigenvalue weighted by molar-refractivity contribution is -0.167. The average Bonchev–Trinajstić information content (AvgIpc) is 3.35. The fraction of sp³-hybridized carbons (Fsp3) is 0.250. The number of fused-ring (bicyclic) bond motifs is 2. The molecule has 0 aliphatic heterocycles. The summed E-state index contributed by atoms with van der Waals surface area (Å²) >= 11 is 0. The Kier molecular flexibility index (Phi) is 7.08. The number of hydrogen-bond donors (Lipinski definition) is 2. The highest BCUT2D eigenvalue weighted by atomic mass is 19.1. The molecule has 0 bridgehead atoms. The lowest BCUT2D eigenvalue weighted by Gasteiger charge is -2.08.